The normalized spacial score (nSPS) is 13.7. The van der Waals surface area contributed by atoms with Crippen molar-refractivity contribution in [1.29, 1.82) is 0 Å². The number of nitrogens with zero attached hydrogens (tertiary/aromatic N) is 1. The Hall–Kier alpha value is -2.00. The molecule has 0 unspecified atom stereocenters. The smallest absolute Gasteiger partial charge is 0.320 e. The molecule has 1 aliphatic heterocycles. The lowest BCUT2D eigenvalue weighted by Gasteiger charge is -2.29. The third kappa shape index (κ3) is 2.95. The van der Waals surface area contributed by atoms with E-state index in [-0.39, 0.29) is 6.03 Å². The molecule has 1 N–H and O–H groups in total. The lowest BCUT2D eigenvalue weighted by atomic mass is 10.0. The lowest BCUT2D eigenvalue weighted by molar-refractivity contribution is 0.206. The molecule has 0 aromatic heterocycles. The van der Waals surface area contributed by atoms with E-state index in [1.54, 1.807) is 0 Å². The summed E-state index contributed by atoms with van der Waals surface area (Å²) in [6.07, 6.45) is 0.893. The Morgan fingerprint density at radius 2 is 1.91 bits per heavy atom. The zero-order valence-electron chi connectivity index (χ0n) is 12.8. The Morgan fingerprint density at radius 1 is 1.18 bits per heavy atom. The summed E-state index contributed by atoms with van der Waals surface area (Å²) < 4.78 is 0. The summed E-state index contributed by atoms with van der Waals surface area (Å²) in [6.45, 7) is 5.32. The average molecular weight is 315 g/mol. The molecule has 0 spiro atoms. The highest BCUT2D eigenvalue weighted by atomic mass is 35.5. The van der Waals surface area contributed by atoms with Crippen molar-refractivity contribution in [1.82, 2.24) is 4.90 Å². The van der Waals surface area contributed by atoms with Crippen LogP contribution in [-0.4, -0.2) is 17.5 Å². The molecule has 0 saturated heterocycles. The third-order valence-corrected chi connectivity index (χ3v) is 4.38. The quantitative estimate of drug-likeness (QED) is 0.823. The highest BCUT2D eigenvalue weighted by molar-refractivity contribution is 6.34. The molecular formula is C18H19ClN2O. The number of carbonyl (C=O) groups excluding carboxylic acids is 1. The zero-order valence-corrected chi connectivity index (χ0v) is 13.6. The highest BCUT2D eigenvalue weighted by Crippen LogP contribution is 2.28. The summed E-state index contributed by atoms with van der Waals surface area (Å²) >= 11 is 6.27. The van der Waals surface area contributed by atoms with Crippen molar-refractivity contribution < 1.29 is 4.79 Å². The fraction of sp³-hybridized carbons (Fsp3) is 0.278. The third-order valence-electron chi connectivity index (χ3n) is 4.08. The first-order chi connectivity index (χ1) is 10.5. The van der Waals surface area contributed by atoms with E-state index in [0.717, 1.165) is 24.1 Å². The van der Waals surface area contributed by atoms with Gasteiger partial charge in [0.1, 0.15) is 0 Å². The van der Waals surface area contributed by atoms with Crippen LogP contribution in [0, 0.1) is 13.8 Å². The molecule has 1 aliphatic rings. The van der Waals surface area contributed by atoms with E-state index in [2.05, 4.69) is 17.4 Å². The number of benzene rings is 2. The first kappa shape index (κ1) is 14.9. The van der Waals surface area contributed by atoms with Crippen LogP contribution in [0.3, 0.4) is 0 Å². The van der Waals surface area contributed by atoms with Gasteiger partial charge < -0.3 is 10.2 Å². The van der Waals surface area contributed by atoms with Crippen molar-refractivity contribution in [3.63, 3.8) is 0 Å². The van der Waals surface area contributed by atoms with Crippen molar-refractivity contribution in [3.8, 4) is 0 Å². The van der Waals surface area contributed by atoms with E-state index in [1.165, 1.54) is 11.1 Å². The fourth-order valence-electron chi connectivity index (χ4n) is 2.93. The topological polar surface area (TPSA) is 32.3 Å². The van der Waals surface area contributed by atoms with Crippen LogP contribution >= 0.6 is 11.6 Å². The Labute approximate surface area is 135 Å². The largest absolute Gasteiger partial charge is 0.322 e. The van der Waals surface area contributed by atoms with E-state index in [9.17, 15) is 4.79 Å². The van der Waals surface area contributed by atoms with Crippen LogP contribution in [-0.2, 0) is 13.0 Å². The maximum Gasteiger partial charge on any atom is 0.322 e. The summed E-state index contributed by atoms with van der Waals surface area (Å²) in [5.74, 6) is 0. The number of hydrogen-bond acceptors (Lipinski definition) is 1. The molecule has 0 saturated carbocycles. The fourth-order valence-corrected chi connectivity index (χ4v) is 3.30. The van der Waals surface area contributed by atoms with Gasteiger partial charge in [0.25, 0.3) is 0 Å². The van der Waals surface area contributed by atoms with Crippen molar-refractivity contribution >= 4 is 23.3 Å². The van der Waals surface area contributed by atoms with E-state index in [0.29, 0.717) is 17.3 Å². The van der Waals surface area contributed by atoms with E-state index < -0.39 is 0 Å². The zero-order chi connectivity index (χ0) is 15.7. The van der Waals surface area contributed by atoms with Crippen LogP contribution in [0.1, 0.15) is 22.3 Å². The van der Waals surface area contributed by atoms with Crippen LogP contribution in [0.5, 0.6) is 0 Å². The van der Waals surface area contributed by atoms with Crippen molar-refractivity contribution in [2.24, 2.45) is 0 Å². The van der Waals surface area contributed by atoms with Gasteiger partial charge in [0.05, 0.1) is 10.7 Å². The van der Waals surface area contributed by atoms with E-state index in [1.807, 2.05) is 43.0 Å². The number of anilines is 1. The lowest BCUT2D eigenvalue weighted by Crippen LogP contribution is -2.39. The molecule has 0 radical (unpaired) electrons. The maximum atomic E-state index is 12.5. The molecular weight excluding hydrogens is 296 g/mol. The van der Waals surface area contributed by atoms with Crippen LogP contribution in [0.25, 0.3) is 0 Å². The SMILES string of the molecule is Cc1cc(C)c(NC(=O)N2CCc3ccccc3C2)c(Cl)c1. The standard InChI is InChI=1S/C18H19ClN2O/c1-12-9-13(2)17(16(19)10-12)20-18(22)21-8-7-14-5-3-4-6-15(14)11-21/h3-6,9-10H,7-8,11H2,1-2H3,(H,20,22). The predicted octanol–water partition coefficient (Wildman–Crippen LogP) is 4.55. The molecule has 0 aliphatic carbocycles. The summed E-state index contributed by atoms with van der Waals surface area (Å²) in [5.41, 5.74) is 5.33. The summed E-state index contributed by atoms with van der Waals surface area (Å²) in [5, 5.41) is 3.55. The van der Waals surface area contributed by atoms with Gasteiger partial charge in [-0.3, -0.25) is 0 Å². The molecule has 2 aromatic carbocycles. The van der Waals surface area contributed by atoms with Gasteiger partial charge in [-0.05, 0) is 48.6 Å². The van der Waals surface area contributed by atoms with Gasteiger partial charge >= 0.3 is 6.03 Å². The second-order valence-electron chi connectivity index (χ2n) is 5.81. The number of aryl methyl sites for hydroxylation is 2. The molecule has 2 aromatic rings. The second kappa shape index (κ2) is 6.01. The number of carbonyl (C=O) groups is 1. The van der Waals surface area contributed by atoms with E-state index >= 15 is 0 Å². The Morgan fingerprint density at radius 3 is 2.64 bits per heavy atom. The number of amides is 2. The molecule has 114 valence electrons. The molecule has 0 bridgehead atoms. The van der Waals surface area contributed by atoms with Gasteiger partial charge in [0.15, 0.2) is 0 Å². The number of fused-ring (bicyclic) bond motifs is 1. The monoisotopic (exact) mass is 314 g/mol. The summed E-state index contributed by atoms with van der Waals surface area (Å²) in [4.78, 5) is 14.4. The summed E-state index contributed by atoms with van der Waals surface area (Å²) in [6, 6.07) is 12.1. The van der Waals surface area contributed by atoms with Crippen molar-refractivity contribution in [3.05, 3.63) is 63.7 Å². The molecule has 1 heterocycles. The van der Waals surface area contributed by atoms with Crippen LogP contribution in [0.2, 0.25) is 5.02 Å². The Balaban J connectivity index is 1.77. The van der Waals surface area contributed by atoms with E-state index in [4.69, 9.17) is 11.6 Å². The predicted molar refractivity (Wildman–Crippen MR) is 90.5 cm³/mol. The van der Waals surface area contributed by atoms with Gasteiger partial charge in [-0.1, -0.05) is 41.9 Å². The van der Waals surface area contributed by atoms with Crippen LogP contribution in [0.15, 0.2) is 36.4 Å². The molecule has 0 fully saturated rings. The minimum absolute atomic E-state index is 0.0941. The van der Waals surface area contributed by atoms with Gasteiger partial charge in [0, 0.05) is 13.1 Å². The minimum atomic E-state index is -0.0941. The molecule has 4 heteroatoms. The maximum absolute atomic E-state index is 12.5. The first-order valence-corrected chi connectivity index (χ1v) is 7.82. The highest BCUT2D eigenvalue weighted by Gasteiger charge is 2.21. The number of urea groups is 1. The Bertz CT molecular complexity index is 704. The number of halogens is 1. The van der Waals surface area contributed by atoms with Gasteiger partial charge in [-0.15, -0.1) is 0 Å². The minimum Gasteiger partial charge on any atom is -0.320 e. The van der Waals surface area contributed by atoms with Crippen molar-refractivity contribution in [2.45, 2.75) is 26.8 Å². The van der Waals surface area contributed by atoms with Gasteiger partial charge in [0.2, 0.25) is 0 Å². The molecule has 3 rings (SSSR count). The number of hydrogen-bond donors (Lipinski definition) is 1. The summed E-state index contributed by atoms with van der Waals surface area (Å²) in [7, 11) is 0. The molecule has 3 nitrogen and oxygen atoms in total. The van der Waals surface area contributed by atoms with Crippen molar-refractivity contribution in [2.75, 3.05) is 11.9 Å². The van der Waals surface area contributed by atoms with Crippen LogP contribution < -0.4 is 5.32 Å². The van der Waals surface area contributed by atoms with Gasteiger partial charge in [-0.2, -0.15) is 0 Å². The molecule has 0 atom stereocenters. The molecule has 2 amide bonds. The first-order valence-electron chi connectivity index (χ1n) is 7.44. The Kier molecular flexibility index (Phi) is 4.08. The van der Waals surface area contributed by atoms with Crippen LogP contribution in [0.4, 0.5) is 10.5 Å². The second-order valence-corrected chi connectivity index (χ2v) is 6.22. The average Bonchev–Trinajstić information content (AvgIpc) is 2.50. The van der Waals surface area contributed by atoms with Gasteiger partial charge in [-0.25, -0.2) is 4.79 Å². The molecule has 22 heavy (non-hydrogen) atoms. The number of rotatable bonds is 1. The number of nitrogens with one attached hydrogen (secondary N) is 1.